The highest BCUT2D eigenvalue weighted by Crippen LogP contribution is 2.26. The molecule has 2 aromatic carbocycles. The Morgan fingerprint density at radius 3 is 2.52 bits per heavy atom. The summed E-state index contributed by atoms with van der Waals surface area (Å²) < 4.78 is 2.08. The third kappa shape index (κ3) is 4.06. The van der Waals surface area contributed by atoms with Crippen molar-refractivity contribution in [1.82, 2.24) is 9.38 Å². The van der Waals surface area contributed by atoms with Crippen molar-refractivity contribution in [2.45, 2.75) is 33.6 Å². The minimum atomic E-state index is 0.0134. The number of nitrogens with zero attached hydrogens (tertiary/aromatic N) is 2. The molecular weight excluding hydrogens is 358 g/mol. The lowest BCUT2D eigenvalue weighted by Gasteiger charge is -2.10. The Bertz CT molecular complexity index is 1170. The summed E-state index contributed by atoms with van der Waals surface area (Å²) in [5.74, 6) is 0.0134. The van der Waals surface area contributed by atoms with Crippen molar-refractivity contribution >= 4 is 17.2 Å². The number of nitrogens with one attached hydrogen (secondary N) is 1. The Hall–Kier alpha value is -3.40. The smallest absolute Gasteiger partial charge is 0.224 e. The average Bonchev–Trinajstić information content (AvgIpc) is 3.08. The van der Waals surface area contributed by atoms with Crippen molar-refractivity contribution in [2.75, 3.05) is 5.32 Å². The molecule has 0 saturated heterocycles. The Balaban J connectivity index is 1.60. The largest absolute Gasteiger partial charge is 0.326 e. The molecule has 146 valence electrons. The number of aryl methyl sites for hydroxylation is 4. The lowest BCUT2D eigenvalue weighted by molar-refractivity contribution is -0.116. The van der Waals surface area contributed by atoms with E-state index in [9.17, 15) is 4.79 Å². The summed E-state index contributed by atoms with van der Waals surface area (Å²) in [6.07, 6.45) is 3.03. The van der Waals surface area contributed by atoms with Gasteiger partial charge in [-0.2, -0.15) is 0 Å². The quantitative estimate of drug-likeness (QED) is 0.495. The zero-order valence-electron chi connectivity index (χ0n) is 17.1. The third-order valence-electron chi connectivity index (χ3n) is 5.21. The standard InChI is InChI=1S/C25H25N3O/c1-17-8-11-20(12-9-17)25-22(28-15-5-4-6-23(28)27-25)13-14-24(29)26-21-16-18(2)7-10-19(21)3/h4-12,15-16H,13-14H2,1-3H3,(H,26,29). The summed E-state index contributed by atoms with van der Waals surface area (Å²) in [4.78, 5) is 17.5. The van der Waals surface area contributed by atoms with Gasteiger partial charge in [0.25, 0.3) is 0 Å². The molecule has 2 heterocycles. The molecule has 2 aromatic heterocycles. The number of carbonyl (C=O) groups is 1. The molecule has 0 atom stereocenters. The molecule has 1 N–H and O–H groups in total. The summed E-state index contributed by atoms with van der Waals surface area (Å²) in [5, 5.41) is 3.06. The van der Waals surface area contributed by atoms with Crippen LogP contribution in [0.1, 0.15) is 28.8 Å². The molecule has 4 nitrogen and oxygen atoms in total. The van der Waals surface area contributed by atoms with E-state index in [0.29, 0.717) is 12.8 Å². The first kappa shape index (κ1) is 18.9. The maximum atomic E-state index is 12.7. The number of hydrogen-bond acceptors (Lipinski definition) is 2. The van der Waals surface area contributed by atoms with Crippen LogP contribution in [-0.2, 0) is 11.2 Å². The van der Waals surface area contributed by atoms with Gasteiger partial charge in [-0.05, 0) is 56.5 Å². The molecule has 0 saturated carbocycles. The SMILES string of the molecule is Cc1ccc(-c2nc3ccccn3c2CCC(=O)Nc2cc(C)ccc2C)cc1. The van der Waals surface area contributed by atoms with Crippen molar-refractivity contribution < 1.29 is 4.79 Å². The number of amides is 1. The van der Waals surface area contributed by atoms with E-state index in [4.69, 9.17) is 4.98 Å². The number of carbonyl (C=O) groups excluding carboxylic acids is 1. The van der Waals surface area contributed by atoms with E-state index in [1.54, 1.807) is 0 Å². The summed E-state index contributed by atoms with van der Waals surface area (Å²) in [5.41, 5.74) is 8.26. The van der Waals surface area contributed by atoms with Crippen LogP contribution in [0.4, 0.5) is 5.69 Å². The molecule has 0 unspecified atom stereocenters. The topological polar surface area (TPSA) is 46.4 Å². The number of fused-ring (bicyclic) bond motifs is 1. The number of hydrogen-bond donors (Lipinski definition) is 1. The Kier molecular flexibility index (Phi) is 5.17. The number of aromatic nitrogens is 2. The van der Waals surface area contributed by atoms with Crippen LogP contribution in [0.25, 0.3) is 16.9 Å². The van der Waals surface area contributed by atoms with Gasteiger partial charge in [0, 0.05) is 23.9 Å². The number of anilines is 1. The van der Waals surface area contributed by atoms with Gasteiger partial charge in [-0.1, -0.05) is 48.0 Å². The molecule has 4 heteroatoms. The molecule has 0 aliphatic heterocycles. The van der Waals surface area contributed by atoms with Gasteiger partial charge >= 0.3 is 0 Å². The molecule has 0 spiro atoms. The molecule has 0 bridgehead atoms. The van der Waals surface area contributed by atoms with Crippen LogP contribution < -0.4 is 5.32 Å². The van der Waals surface area contributed by atoms with Crippen molar-refractivity contribution in [2.24, 2.45) is 0 Å². The zero-order valence-corrected chi connectivity index (χ0v) is 17.1. The van der Waals surface area contributed by atoms with Crippen LogP contribution in [0.15, 0.2) is 66.9 Å². The van der Waals surface area contributed by atoms with Crippen molar-refractivity contribution in [3.8, 4) is 11.3 Å². The van der Waals surface area contributed by atoms with Gasteiger partial charge in [0.1, 0.15) is 5.65 Å². The van der Waals surface area contributed by atoms with Gasteiger partial charge in [0.2, 0.25) is 5.91 Å². The minimum Gasteiger partial charge on any atom is -0.326 e. The van der Waals surface area contributed by atoms with Gasteiger partial charge in [0.15, 0.2) is 0 Å². The highest BCUT2D eigenvalue weighted by molar-refractivity contribution is 5.91. The lowest BCUT2D eigenvalue weighted by Crippen LogP contribution is -2.14. The molecule has 0 radical (unpaired) electrons. The number of rotatable bonds is 5. The van der Waals surface area contributed by atoms with Gasteiger partial charge in [-0.3, -0.25) is 4.79 Å². The monoisotopic (exact) mass is 383 g/mol. The molecule has 0 fully saturated rings. The first-order valence-electron chi connectivity index (χ1n) is 9.91. The Labute approximate surface area is 171 Å². The molecular formula is C25H25N3O. The third-order valence-corrected chi connectivity index (χ3v) is 5.21. The molecule has 29 heavy (non-hydrogen) atoms. The van der Waals surface area contributed by atoms with Crippen LogP contribution in [0.3, 0.4) is 0 Å². The van der Waals surface area contributed by atoms with E-state index < -0.39 is 0 Å². The molecule has 4 rings (SSSR count). The van der Waals surface area contributed by atoms with Gasteiger partial charge in [-0.25, -0.2) is 4.98 Å². The second kappa shape index (κ2) is 7.92. The maximum Gasteiger partial charge on any atom is 0.224 e. The fourth-order valence-electron chi connectivity index (χ4n) is 3.54. The van der Waals surface area contributed by atoms with Gasteiger partial charge in [0.05, 0.1) is 11.4 Å². The van der Waals surface area contributed by atoms with E-state index in [1.807, 2.05) is 50.4 Å². The maximum absolute atomic E-state index is 12.7. The van der Waals surface area contributed by atoms with Crippen molar-refractivity contribution in [3.63, 3.8) is 0 Å². The molecule has 0 aliphatic rings. The van der Waals surface area contributed by atoms with E-state index in [1.165, 1.54) is 5.56 Å². The van der Waals surface area contributed by atoms with Crippen LogP contribution >= 0.6 is 0 Å². The summed E-state index contributed by atoms with van der Waals surface area (Å²) >= 11 is 0. The van der Waals surface area contributed by atoms with E-state index in [-0.39, 0.29) is 5.91 Å². The van der Waals surface area contributed by atoms with Crippen molar-refractivity contribution in [1.29, 1.82) is 0 Å². The first-order chi connectivity index (χ1) is 14.0. The Morgan fingerprint density at radius 1 is 0.966 bits per heavy atom. The van der Waals surface area contributed by atoms with E-state index in [2.05, 4.69) is 47.0 Å². The fourth-order valence-corrected chi connectivity index (χ4v) is 3.54. The highest BCUT2D eigenvalue weighted by atomic mass is 16.1. The normalized spacial score (nSPS) is 11.0. The summed E-state index contributed by atoms with van der Waals surface area (Å²) in [7, 11) is 0. The summed E-state index contributed by atoms with van der Waals surface area (Å²) in [6.45, 7) is 6.11. The lowest BCUT2D eigenvalue weighted by atomic mass is 10.1. The number of benzene rings is 2. The number of pyridine rings is 1. The van der Waals surface area contributed by atoms with Crippen LogP contribution in [0.5, 0.6) is 0 Å². The Morgan fingerprint density at radius 2 is 1.72 bits per heavy atom. The van der Waals surface area contributed by atoms with Crippen LogP contribution in [0.2, 0.25) is 0 Å². The zero-order chi connectivity index (χ0) is 20.4. The van der Waals surface area contributed by atoms with Gasteiger partial charge in [-0.15, -0.1) is 0 Å². The minimum absolute atomic E-state index is 0.0134. The first-order valence-corrected chi connectivity index (χ1v) is 9.91. The molecule has 4 aromatic rings. The average molecular weight is 383 g/mol. The highest BCUT2D eigenvalue weighted by Gasteiger charge is 2.15. The second-order valence-electron chi connectivity index (χ2n) is 7.57. The van der Waals surface area contributed by atoms with Crippen LogP contribution in [0, 0.1) is 20.8 Å². The van der Waals surface area contributed by atoms with Gasteiger partial charge < -0.3 is 9.72 Å². The summed E-state index contributed by atoms with van der Waals surface area (Å²) in [6, 6.07) is 20.4. The van der Waals surface area contributed by atoms with Crippen LogP contribution in [-0.4, -0.2) is 15.3 Å². The molecule has 1 amide bonds. The number of imidazole rings is 1. The second-order valence-corrected chi connectivity index (χ2v) is 7.57. The van der Waals surface area contributed by atoms with E-state index in [0.717, 1.165) is 39.4 Å². The molecule has 0 aliphatic carbocycles. The van der Waals surface area contributed by atoms with E-state index >= 15 is 0 Å². The van der Waals surface area contributed by atoms with Crippen molar-refractivity contribution in [3.05, 3.63) is 89.2 Å². The predicted molar refractivity (Wildman–Crippen MR) is 118 cm³/mol. The fraction of sp³-hybridized carbons (Fsp3) is 0.200. The predicted octanol–water partition coefficient (Wildman–Crippen LogP) is 5.50.